The highest BCUT2D eigenvalue weighted by atomic mass is 32.2. The van der Waals surface area contributed by atoms with Gasteiger partial charge in [-0.3, -0.25) is 10.2 Å². The van der Waals surface area contributed by atoms with Gasteiger partial charge in [0.15, 0.2) is 9.84 Å². The van der Waals surface area contributed by atoms with E-state index in [1.807, 2.05) is 31.2 Å². The van der Waals surface area contributed by atoms with Crippen LogP contribution in [-0.2, 0) is 9.84 Å². The number of fused-ring (bicyclic) bond motifs is 1. The van der Waals surface area contributed by atoms with E-state index in [4.69, 9.17) is 4.99 Å². The zero-order valence-corrected chi connectivity index (χ0v) is 14.5. The van der Waals surface area contributed by atoms with Crippen molar-refractivity contribution in [1.82, 2.24) is 20.4 Å². The molecule has 4 rings (SSSR count). The molecule has 2 N–H and O–H groups in total. The van der Waals surface area contributed by atoms with Crippen LogP contribution in [-0.4, -0.2) is 46.0 Å². The summed E-state index contributed by atoms with van der Waals surface area (Å²) in [5, 5.41) is 14.8. The molecule has 0 atom stereocenters. The maximum absolute atomic E-state index is 12.1. The minimum atomic E-state index is -3.09. The average molecular weight is 355 g/mol. The number of H-pyrrole nitrogens is 2. The van der Waals surface area contributed by atoms with Crippen molar-refractivity contribution >= 4 is 32.1 Å². The highest BCUT2D eigenvalue weighted by Crippen LogP contribution is 2.25. The number of hydrogen-bond acceptors (Lipinski definition) is 5. The van der Waals surface area contributed by atoms with E-state index in [-0.39, 0.29) is 11.5 Å². The Bertz CT molecular complexity index is 1100. The van der Waals surface area contributed by atoms with Crippen molar-refractivity contribution < 1.29 is 8.42 Å². The van der Waals surface area contributed by atoms with Crippen molar-refractivity contribution in [3.05, 3.63) is 53.5 Å². The molecule has 3 aromatic rings. The van der Waals surface area contributed by atoms with Crippen molar-refractivity contribution in [1.29, 1.82) is 0 Å². The van der Waals surface area contributed by atoms with Gasteiger partial charge in [-0.05, 0) is 37.1 Å². The fourth-order valence-corrected chi connectivity index (χ4v) is 4.32. The molecule has 0 bridgehead atoms. The lowest BCUT2D eigenvalue weighted by atomic mass is 10.0. The Labute approximate surface area is 144 Å². The summed E-state index contributed by atoms with van der Waals surface area (Å²) in [4.78, 5) is 4.76. The van der Waals surface area contributed by atoms with Crippen molar-refractivity contribution in [3.63, 3.8) is 0 Å². The molecule has 0 amide bonds. The first-order valence-corrected chi connectivity index (χ1v) is 9.76. The summed E-state index contributed by atoms with van der Waals surface area (Å²) >= 11 is 0. The Hall–Kier alpha value is -2.74. The van der Waals surface area contributed by atoms with Crippen LogP contribution in [0.3, 0.4) is 0 Å². The predicted molar refractivity (Wildman–Crippen MR) is 97.0 cm³/mol. The van der Waals surface area contributed by atoms with E-state index in [1.54, 1.807) is 12.4 Å². The van der Waals surface area contributed by atoms with Gasteiger partial charge in [-0.25, -0.2) is 13.4 Å². The fraction of sp³-hybridized carbons (Fsp3) is 0.235. The van der Waals surface area contributed by atoms with E-state index in [2.05, 4.69) is 20.4 Å². The third kappa shape index (κ3) is 3.12. The van der Waals surface area contributed by atoms with Crippen LogP contribution in [0.25, 0.3) is 10.9 Å². The van der Waals surface area contributed by atoms with Crippen LogP contribution in [0.2, 0.25) is 0 Å². The highest BCUT2D eigenvalue weighted by Gasteiger charge is 2.24. The molecular formula is C17H17N5O2S. The molecule has 1 aliphatic heterocycles. The molecule has 1 aromatic carbocycles. The molecule has 0 unspecified atom stereocenters. The molecule has 1 aliphatic rings. The number of nitrogens with one attached hydrogen (secondary N) is 2. The maximum atomic E-state index is 12.1. The van der Waals surface area contributed by atoms with E-state index in [1.165, 1.54) is 0 Å². The molecule has 0 radical (unpaired) electrons. The van der Waals surface area contributed by atoms with Gasteiger partial charge in [0.05, 0.1) is 40.8 Å². The van der Waals surface area contributed by atoms with Gasteiger partial charge in [0.1, 0.15) is 0 Å². The highest BCUT2D eigenvalue weighted by molar-refractivity contribution is 7.91. The second-order valence-corrected chi connectivity index (χ2v) is 8.30. The molecule has 2 aromatic heterocycles. The number of aromatic amines is 2. The number of rotatable bonds is 3. The second-order valence-electron chi connectivity index (χ2n) is 6.12. The smallest absolute Gasteiger partial charge is 0.154 e. The van der Waals surface area contributed by atoms with Gasteiger partial charge in [0, 0.05) is 16.6 Å². The first-order chi connectivity index (χ1) is 12.0. The number of aromatic nitrogens is 4. The predicted octanol–water partition coefficient (Wildman–Crippen LogP) is 2.46. The largest absolute Gasteiger partial charge is 0.282 e. The Kier molecular flexibility index (Phi) is 3.76. The molecule has 3 heterocycles. The number of nitrogens with zero attached hydrogens (tertiary/aromatic N) is 3. The van der Waals surface area contributed by atoms with E-state index in [0.717, 1.165) is 33.4 Å². The zero-order valence-electron chi connectivity index (χ0n) is 13.7. The molecule has 0 spiro atoms. The fourth-order valence-electron chi connectivity index (χ4n) is 2.97. The summed E-state index contributed by atoms with van der Waals surface area (Å²) in [6.07, 6.45) is 5.89. The SMILES string of the molecule is Cc1[nH]ncc1C(=Nc1ccc2[nH]ncc2c1)C1=CCCS(=O)(=O)C1. The van der Waals surface area contributed by atoms with Gasteiger partial charge in [0.25, 0.3) is 0 Å². The summed E-state index contributed by atoms with van der Waals surface area (Å²) in [7, 11) is -3.09. The quantitative estimate of drug-likeness (QED) is 0.704. The molecule has 7 nitrogen and oxygen atoms in total. The van der Waals surface area contributed by atoms with E-state index in [0.29, 0.717) is 12.1 Å². The van der Waals surface area contributed by atoms with Crippen LogP contribution in [0.15, 0.2) is 47.2 Å². The van der Waals surface area contributed by atoms with E-state index < -0.39 is 9.84 Å². The van der Waals surface area contributed by atoms with E-state index >= 15 is 0 Å². The standard InChI is InChI=1S/C17H17N5O2S/c1-11-15(9-19-21-11)17(12-3-2-6-25(23,24)10-12)20-14-4-5-16-13(7-14)8-18-22-16/h3-5,7-9H,2,6,10H2,1H3,(H,18,22)(H,19,21). The summed E-state index contributed by atoms with van der Waals surface area (Å²) in [5.74, 6) is 0.194. The molecule has 25 heavy (non-hydrogen) atoms. The molecule has 0 fully saturated rings. The Balaban J connectivity index is 1.85. The Morgan fingerprint density at radius 2 is 2.04 bits per heavy atom. The van der Waals surface area contributed by atoms with Crippen molar-refractivity contribution in [2.24, 2.45) is 4.99 Å². The summed E-state index contributed by atoms with van der Waals surface area (Å²) < 4.78 is 24.2. The van der Waals surface area contributed by atoms with E-state index in [9.17, 15) is 8.42 Å². The lowest BCUT2D eigenvalue weighted by Gasteiger charge is -2.16. The number of aryl methyl sites for hydroxylation is 1. The van der Waals surface area contributed by atoms with Gasteiger partial charge in [-0.1, -0.05) is 6.08 Å². The minimum Gasteiger partial charge on any atom is -0.282 e. The van der Waals surface area contributed by atoms with Crippen LogP contribution >= 0.6 is 0 Å². The Morgan fingerprint density at radius 3 is 2.80 bits per heavy atom. The van der Waals surface area contributed by atoms with Crippen LogP contribution < -0.4 is 0 Å². The van der Waals surface area contributed by atoms with Crippen molar-refractivity contribution in [2.75, 3.05) is 11.5 Å². The van der Waals surface area contributed by atoms with Crippen molar-refractivity contribution in [2.45, 2.75) is 13.3 Å². The van der Waals surface area contributed by atoms with Gasteiger partial charge >= 0.3 is 0 Å². The lowest BCUT2D eigenvalue weighted by Crippen LogP contribution is -2.22. The second kappa shape index (κ2) is 5.96. The zero-order chi connectivity index (χ0) is 17.4. The summed E-state index contributed by atoms with van der Waals surface area (Å²) in [6.45, 7) is 1.90. The van der Waals surface area contributed by atoms with Gasteiger partial charge in [-0.2, -0.15) is 10.2 Å². The maximum Gasteiger partial charge on any atom is 0.154 e. The minimum absolute atomic E-state index is 0.00437. The van der Waals surface area contributed by atoms with Gasteiger partial charge in [-0.15, -0.1) is 0 Å². The third-order valence-electron chi connectivity index (χ3n) is 4.25. The van der Waals surface area contributed by atoms with Crippen LogP contribution in [0.1, 0.15) is 17.7 Å². The van der Waals surface area contributed by atoms with Crippen molar-refractivity contribution in [3.8, 4) is 0 Å². The number of benzene rings is 1. The van der Waals surface area contributed by atoms with Crippen LogP contribution in [0, 0.1) is 6.92 Å². The van der Waals surface area contributed by atoms with Crippen LogP contribution in [0.4, 0.5) is 5.69 Å². The first-order valence-electron chi connectivity index (χ1n) is 7.94. The Morgan fingerprint density at radius 1 is 1.20 bits per heavy atom. The first kappa shape index (κ1) is 15.8. The molecule has 128 valence electrons. The topological polar surface area (TPSA) is 104 Å². The molecule has 0 saturated heterocycles. The molecular weight excluding hydrogens is 338 g/mol. The molecule has 0 saturated carbocycles. The number of allylic oxidation sites excluding steroid dienone is 1. The van der Waals surface area contributed by atoms with Gasteiger partial charge < -0.3 is 0 Å². The normalized spacial score (nSPS) is 17.6. The monoisotopic (exact) mass is 355 g/mol. The van der Waals surface area contributed by atoms with Gasteiger partial charge in [0.2, 0.25) is 0 Å². The lowest BCUT2D eigenvalue weighted by molar-refractivity contribution is 0.596. The molecule has 0 aliphatic carbocycles. The summed E-state index contributed by atoms with van der Waals surface area (Å²) in [5.41, 5.74) is 4.72. The van der Waals surface area contributed by atoms with Crippen LogP contribution in [0.5, 0.6) is 0 Å². The number of hydrogen-bond donors (Lipinski definition) is 2. The molecule has 8 heteroatoms. The average Bonchev–Trinajstić information content (AvgIpc) is 3.20. The number of sulfone groups is 1. The number of aliphatic imine (C=N–C) groups is 1. The summed E-state index contributed by atoms with van der Waals surface area (Å²) in [6, 6.07) is 5.72. The third-order valence-corrected chi connectivity index (χ3v) is 5.86.